The Morgan fingerprint density at radius 2 is 2.36 bits per heavy atom. The molecule has 1 aliphatic heterocycles. The van der Waals surface area contributed by atoms with Crippen LogP contribution in [-0.4, -0.2) is 11.9 Å². The molecule has 3 fully saturated rings. The van der Waals surface area contributed by atoms with E-state index in [2.05, 4.69) is 17.6 Å². The van der Waals surface area contributed by atoms with E-state index >= 15 is 0 Å². The largest absolute Gasteiger partial charge is 0.348 e. The van der Waals surface area contributed by atoms with Gasteiger partial charge in [-0.1, -0.05) is 13.0 Å². The Balaban J connectivity index is 2.09. The van der Waals surface area contributed by atoms with Crippen LogP contribution in [0.1, 0.15) is 32.1 Å². The highest BCUT2D eigenvalue weighted by molar-refractivity contribution is 5.87. The number of carbonyl (C=O) groups excluding carboxylic acids is 1. The van der Waals surface area contributed by atoms with Crippen molar-refractivity contribution in [2.45, 2.75) is 38.1 Å². The van der Waals surface area contributed by atoms with Gasteiger partial charge >= 0.3 is 0 Å². The second-order valence-corrected chi connectivity index (χ2v) is 4.81. The Morgan fingerprint density at radius 3 is 3.14 bits per heavy atom. The number of hydrogen-bond donors (Lipinski definition) is 1. The van der Waals surface area contributed by atoms with Crippen LogP contribution in [0.25, 0.3) is 0 Å². The lowest BCUT2D eigenvalue weighted by molar-refractivity contribution is -0.128. The average Bonchev–Trinajstić information content (AvgIpc) is 2.67. The zero-order valence-electron chi connectivity index (χ0n) is 8.31. The lowest BCUT2D eigenvalue weighted by Crippen LogP contribution is -2.34. The van der Waals surface area contributed by atoms with Crippen LogP contribution in [0.4, 0.5) is 0 Å². The van der Waals surface area contributed by atoms with Crippen molar-refractivity contribution < 1.29 is 4.79 Å². The molecule has 3 rings (SSSR count). The third-order valence-electron chi connectivity index (χ3n) is 4.43. The lowest BCUT2D eigenvalue weighted by atomic mass is 9.68. The van der Waals surface area contributed by atoms with Crippen LogP contribution in [0.15, 0.2) is 17.9 Å². The maximum Gasteiger partial charge on any atom is 0.227 e. The van der Waals surface area contributed by atoms with Crippen molar-refractivity contribution in [2.24, 2.45) is 11.3 Å². The van der Waals surface area contributed by atoms with Gasteiger partial charge in [0.15, 0.2) is 0 Å². The third kappa shape index (κ3) is 0.760. The summed E-state index contributed by atoms with van der Waals surface area (Å²) in [7, 11) is 0. The van der Waals surface area contributed by atoms with Crippen LogP contribution in [0.5, 0.6) is 0 Å². The first kappa shape index (κ1) is 8.31. The fourth-order valence-electron chi connectivity index (χ4n) is 3.72. The Bertz CT molecular complexity index is 353. The molecular formula is C12H15NO. The second kappa shape index (κ2) is 2.52. The van der Waals surface area contributed by atoms with E-state index in [0.29, 0.717) is 11.8 Å². The SMILES string of the molecule is C=C=C1CC[C@@]23CCC[C@@H]2[C@@H]1NC3=O. The van der Waals surface area contributed by atoms with Gasteiger partial charge in [-0.3, -0.25) is 4.79 Å². The van der Waals surface area contributed by atoms with Gasteiger partial charge in [-0.25, -0.2) is 0 Å². The van der Waals surface area contributed by atoms with Crippen molar-refractivity contribution in [3.05, 3.63) is 17.9 Å². The van der Waals surface area contributed by atoms with Crippen molar-refractivity contribution in [3.8, 4) is 0 Å². The molecule has 74 valence electrons. The summed E-state index contributed by atoms with van der Waals surface area (Å²) in [6.45, 7) is 3.72. The minimum atomic E-state index is 0.00498. The Morgan fingerprint density at radius 1 is 1.50 bits per heavy atom. The molecule has 2 bridgehead atoms. The Labute approximate surface area is 84.1 Å². The lowest BCUT2D eigenvalue weighted by Gasteiger charge is -2.33. The maximum absolute atomic E-state index is 11.9. The van der Waals surface area contributed by atoms with E-state index in [1.807, 2.05) is 0 Å². The van der Waals surface area contributed by atoms with Gasteiger partial charge in [0.1, 0.15) is 0 Å². The zero-order valence-corrected chi connectivity index (χ0v) is 8.31. The molecule has 2 heteroatoms. The molecule has 0 aromatic rings. The topological polar surface area (TPSA) is 29.1 Å². The summed E-state index contributed by atoms with van der Waals surface area (Å²) in [6, 6.07) is 0.274. The van der Waals surface area contributed by atoms with Gasteiger partial charge in [0, 0.05) is 0 Å². The summed E-state index contributed by atoms with van der Waals surface area (Å²) in [5.74, 6) is 0.850. The predicted octanol–water partition coefficient (Wildman–Crippen LogP) is 1.78. The van der Waals surface area contributed by atoms with Crippen LogP contribution in [0.3, 0.4) is 0 Å². The van der Waals surface area contributed by atoms with E-state index in [-0.39, 0.29) is 11.5 Å². The molecule has 1 N–H and O–H groups in total. The monoisotopic (exact) mass is 189 g/mol. The van der Waals surface area contributed by atoms with Crippen LogP contribution >= 0.6 is 0 Å². The fourth-order valence-corrected chi connectivity index (χ4v) is 3.72. The molecule has 0 aromatic carbocycles. The van der Waals surface area contributed by atoms with Crippen LogP contribution in [0.2, 0.25) is 0 Å². The minimum Gasteiger partial charge on any atom is -0.348 e. The van der Waals surface area contributed by atoms with E-state index < -0.39 is 0 Å². The number of carbonyl (C=O) groups is 1. The van der Waals surface area contributed by atoms with Gasteiger partial charge in [-0.2, -0.15) is 0 Å². The van der Waals surface area contributed by atoms with Crippen molar-refractivity contribution in [1.29, 1.82) is 0 Å². The number of nitrogens with one attached hydrogen (secondary N) is 1. The Hall–Kier alpha value is -1.01. The summed E-state index contributed by atoms with van der Waals surface area (Å²) >= 11 is 0. The van der Waals surface area contributed by atoms with E-state index in [4.69, 9.17) is 0 Å². The fraction of sp³-hybridized carbons (Fsp3) is 0.667. The maximum atomic E-state index is 11.9. The molecular weight excluding hydrogens is 174 g/mol. The molecule has 1 heterocycles. The molecule has 0 radical (unpaired) electrons. The van der Waals surface area contributed by atoms with E-state index in [0.717, 1.165) is 19.3 Å². The molecule has 1 amide bonds. The smallest absolute Gasteiger partial charge is 0.227 e. The van der Waals surface area contributed by atoms with Gasteiger partial charge in [0.2, 0.25) is 5.91 Å². The summed E-state index contributed by atoms with van der Waals surface area (Å²) < 4.78 is 0. The quantitative estimate of drug-likeness (QED) is 0.578. The summed E-state index contributed by atoms with van der Waals surface area (Å²) in [5, 5.41) is 3.13. The number of rotatable bonds is 0. The molecule has 3 aliphatic rings. The second-order valence-electron chi connectivity index (χ2n) is 4.81. The normalized spacial score (nSPS) is 44.6. The molecule has 0 aromatic heterocycles. The molecule has 2 saturated carbocycles. The van der Waals surface area contributed by atoms with Crippen molar-refractivity contribution >= 4 is 5.91 Å². The van der Waals surface area contributed by atoms with Gasteiger partial charge in [-0.15, -0.1) is 5.73 Å². The van der Waals surface area contributed by atoms with Gasteiger partial charge in [0.25, 0.3) is 0 Å². The molecule has 0 unspecified atom stereocenters. The van der Waals surface area contributed by atoms with Crippen molar-refractivity contribution in [1.82, 2.24) is 5.32 Å². The van der Waals surface area contributed by atoms with Crippen LogP contribution < -0.4 is 5.32 Å². The summed E-state index contributed by atoms with van der Waals surface area (Å²) in [5.41, 5.74) is 4.25. The molecule has 1 saturated heterocycles. The minimum absolute atomic E-state index is 0.00498. The molecule has 2 aliphatic carbocycles. The highest BCUT2D eigenvalue weighted by Gasteiger charge is 2.60. The number of hydrogen-bond acceptors (Lipinski definition) is 1. The highest BCUT2D eigenvalue weighted by Crippen LogP contribution is 2.57. The average molecular weight is 189 g/mol. The van der Waals surface area contributed by atoms with E-state index in [9.17, 15) is 4.79 Å². The predicted molar refractivity (Wildman–Crippen MR) is 53.6 cm³/mol. The van der Waals surface area contributed by atoms with Gasteiger partial charge < -0.3 is 5.32 Å². The molecule has 2 nitrogen and oxygen atoms in total. The van der Waals surface area contributed by atoms with E-state index in [1.165, 1.54) is 18.4 Å². The third-order valence-corrected chi connectivity index (χ3v) is 4.43. The van der Waals surface area contributed by atoms with Crippen LogP contribution in [-0.2, 0) is 4.79 Å². The summed E-state index contributed by atoms with van der Waals surface area (Å²) in [4.78, 5) is 11.9. The standard InChI is InChI=1S/C12H15NO/c1-2-8-5-7-12-6-3-4-9(12)10(8)13-11(12)14/h9-10H,1,3-7H2,(H,13,14)/t9-,10-,12+/m1/s1. The first-order valence-electron chi connectivity index (χ1n) is 5.48. The molecule has 14 heavy (non-hydrogen) atoms. The van der Waals surface area contributed by atoms with Gasteiger partial charge in [0.05, 0.1) is 11.5 Å². The Kier molecular flexibility index (Phi) is 1.49. The summed E-state index contributed by atoms with van der Waals surface area (Å²) in [6.07, 6.45) is 5.57. The molecule has 3 atom stereocenters. The van der Waals surface area contributed by atoms with E-state index in [1.54, 1.807) is 0 Å². The van der Waals surface area contributed by atoms with Gasteiger partial charge in [-0.05, 0) is 37.2 Å². The van der Waals surface area contributed by atoms with Crippen LogP contribution in [0, 0.1) is 11.3 Å². The van der Waals surface area contributed by atoms with Crippen molar-refractivity contribution in [3.63, 3.8) is 0 Å². The molecule has 0 spiro atoms. The van der Waals surface area contributed by atoms with Crippen molar-refractivity contribution in [2.75, 3.05) is 0 Å². The zero-order chi connectivity index (χ0) is 9.76. The number of amides is 1. The first-order chi connectivity index (χ1) is 6.78. The first-order valence-corrected chi connectivity index (χ1v) is 5.48. The highest BCUT2D eigenvalue weighted by atomic mass is 16.2.